The first-order valence-electron chi connectivity index (χ1n) is 6.10. The van der Waals surface area contributed by atoms with Crippen molar-refractivity contribution in [3.05, 3.63) is 11.6 Å². The molecular weight excluding hydrogens is 252 g/mol. The number of carbonyl (C=O) groups is 2. The number of carboxylic acids is 1. The van der Waals surface area contributed by atoms with Crippen LogP contribution in [0.4, 0.5) is 0 Å². The van der Waals surface area contributed by atoms with Crippen molar-refractivity contribution in [2.45, 2.75) is 32.6 Å². The lowest BCUT2D eigenvalue weighted by molar-refractivity contribution is -0.141. The maximum atomic E-state index is 11.2. The van der Waals surface area contributed by atoms with E-state index < -0.39 is 5.97 Å². The molecule has 4 nitrogen and oxygen atoms in total. The van der Waals surface area contributed by atoms with E-state index in [-0.39, 0.29) is 11.4 Å². The van der Waals surface area contributed by atoms with Crippen LogP contribution in [0.2, 0.25) is 0 Å². The molecular formula is C13H20O4S. The van der Waals surface area contributed by atoms with Crippen molar-refractivity contribution in [1.29, 1.82) is 0 Å². The highest BCUT2D eigenvalue weighted by molar-refractivity contribution is 7.99. The molecule has 1 rings (SSSR count). The van der Waals surface area contributed by atoms with Crippen LogP contribution < -0.4 is 0 Å². The minimum absolute atomic E-state index is 0.112. The lowest BCUT2D eigenvalue weighted by atomic mass is 10.1. The van der Waals surface area contributed by atoms with E-state index in [1.54, 1.807) is 17.8 Å². The summed E-state index contributed by atoms with van der Waals surface area (Å²) in [5, 5.41) is 8.86. The molecule has 1 N–H and O–H groups in total. The third-order valence-electron chi connectivity index (χ3n) is 3.22. The molecule has 0 saturated heterocycles. The molecule has 18 heavy (non-hydrogen) atoms. The van der Waals surface area contributed by atoms with Crippen LogP contribution in [0.5, 0.6) is 0 Å². The van der Waals surface area contributed by atoms with Crippen LogP contribution in [0.25, 0.3) is 0 Å². The molecule has 102 valence electrons. The van der Waals surface area contributed by atoms with E-state index in [9.17, 15) is 9.59 Å². The third-order valence-corrected chi connectivity index (χ3v) is 4.43. The van der Waals surface area contributed by atoms with Gasteiger partial charge < -0.3 is 9.84 Å². The molecule has 0 bridgehead atoms. The molecule has 1 aliphatic carbocycles. The Bertz CT molecular complexity index is 345. The number of hydrogen-bond acceptors (Lipinski definition) is 4. The number of carboxylic acid groups (broad SMARTS) is 1. The highest BCUT2D eigenvalue weighted by Gasteiger charge is 2.44. The lowest BCUT2D eigenvalue weighted by Gasteiger charge is -2.12. The van der Waals surface area contributed by atoms with Gasteiger partial charge in [0.2, 0.25) is 0 Å². The number of methoxy groups -OCH3 is 1. The van der Waals surface area contributed by atoms with Gasteiger partial charge in [0.05, 0.1) is 13.5 Å². The minimum Gasteiger partial charge on any atom is -0.478 e. The van der Waals surface area contributed by atoms with E-state index in [0.717, 1.165) is 18.6 Å². The van der Waals surface area contributed by atoms with Crippen LogP contribution in [0.15, 0.2) is 11.6 Å². The van der Waals surface area contributed by atoms with Gasteiger partial charge in [0, 0.05) is 11.3 Å². The van der Waals surface area contributed by atoms with E-state index in [1.165, 1.54) is 7.11 Å². The fourth-order valence-electron chi connectivity index (χ4n) is 1.75. The number of ether oxygens (including phenoxy) is 1. The largest absolute Gasteiger partial charge is 0.478 e. The average molecular weight is 272 g/mol. The normalized spacial score (nSPS) is 17.3. The zero-order chi connectivity index (χ0) is 13.6. The van der Waals surface area contributed by atoms with Crippen molar-refractivity contribution >= 4 is 23.7 Å². The Labute approximate surface area is 112 Å². The summed E-state index contributed by atoms with van der Waals surface area (Å²) < 4.78 is 4.68. The first-order valence-corrected chi connectivity index (χ1v) is 7.25. The van der Waals surface area contributed by atoms with Crippen LogP contribution in [0.1, 0.15) is 32.6 Å². The zero-order valence-electron chi connectivity index (χ0n) is 10.9. The van der Waals surface area contributed by atoms with Gasteiger partial charge in [0.15, 0.2) is 0 Å². The van der Waals surface area contributed by atoms with Gasteiger partial charge in [-0.25, -0.2) is 4.79 Å². The summed E-state index contributed by atoms with van der Waals surface area (Å²) in [6.45, 7) is 1.84. The second-order valence-electron chi connectivity index (χ2n) is 4.66. The molecule has 0 aliphatic heterocycles. The van der Waals surface area contributed by atoms with E-state index in [1.807, 2.05) is 6.92 Å². The molecule has 0 unspecified atom stereocenters. The van der Waals surface area contributed by atoms with Gasteiger partial charge in [0.1, 0.15) is 0 Å². The first-order chi connectivity index (χ1) is 8.53. The topological polar surface area (TPSA) is 63.6 Å². The molecule has 0 heterocycles. The highest BCUT2D eigenvalue weighted by Crippen LogP contribution is 2.51. The molecule has 0 aromatic rings. The van der Waals surface area contributed by atoms with Crippen LogP contribution >= 0.6 is 11.8 Å². The SMILES string of the molecule is CCC(=CCSCC1(CC(=O)OC)CC1)C(=O)O. The van der Waals surface area contributed by atoms with Gasteiger partial charge >= 0.3 is 11.9 Å². The highest BCUT2D eigenvalue weighted by atomic mass is 32.2. The maximum Gasteiger partial charge on any atom is 0.331 e. The summed E-state index contributed by atoms with van der Waals surface area (Å²) in [7, 11) is 1.41. The molecule has 0 spiro atoms. The van der Waals surface area contributed by atoms with Gasteiger partial charge in [-0.15, -0.1) is 0 Å². The summed E-state index contributed by atoms with van der Waals surface area (Å²) in [4.78, 5) is 22.0. The van der Waals surface area contributed by atoms with Gasteiger partial charge in [-0.2, -0.15) is 11.8 Å². The van der Waals surface area contributed by atoms with Gasteiger partial charge in [-0.1, -0.05) is 13.0 Å². The van der Waals surface area contributed by atoms with Crippen molar-refractivity contribution in [2.24, 2.45) is 5.41 Å². The molecule has 0 radical (unpaired) electrons. The average Bonchev–Trinajstić information content (AvgIpc) is 3.08. The Morgan fingerprint density at radius 3 is 2.56 bits per heavy atom. The minimum atomic E-state index is -0.839. The number of hydrogen-bond donors (Lipinski definition) is 1. The zero-order valence-corrected chi connectivity index (χ0v) is 11.7. The third kappa shape index (κ3) is 4.72. The molecule has 1 saturated carbocycles. The number of carbonyl (C=O) groups excluding carboxylic acids is 1. The predicted molar refractivity (Wildman–Crippen MR) is 71.6 cm³/mol. The van der Waals surface area contributed by atoms with E-state index >= 15 is 0 Å². The van der Waals surface area contributed by atoms with Crippen LogP contribution in [-0.2, 0) is 14.3 Å². The fourth-order valence-corrected chi connectivity index (χ4v) is 3.01. The monoisotopic (exact) mass is 272 g/mol. The Morgan fingerprint density at radius 2 is 2.11 bits per heavy atom. The summed E-state index contributed by atoms with van der Waals surface area (Å²) in [6, 6.07) is 0. The first kappa shape index (κ1) is 15.1. The van der Waals surface area contributed by atoms with Gasteiger partial charge in [-0.05, 0) is 30.4 Å². The lowest BCUT2D eigenvalue weighted by Crippen LogP contribution is -2.13. The molecule has 5 heteroatoms. The predicted octanol–water partition coefficient (Wildman–Crippen LogP) is 2.48. The molecule has 0 aromatic carbocycles. The molecule has 0 atom stereocenters. The number of rotatable bonds is 8. The quantitative estimate of drug-likeness (QED) is 0.418. The van der Waals surface area contributed by atoms with Crippen molar-refractivity contribution < 1.29 is 19.4 Å². The Hall–Kier alpha value is -0.970. The van der Waals surface area contributed by atoms with E-state index in [0.29, 0.717) is 24.2 Å². The van der Waals surface area contributed by atoms with Crippen molar-refractivity contribution in [1.82, 2.24) is 0 Å². The maximum absolute atomic E-state index is 11.2. The molecule has 0 amide bonds. The summed E-state index contributed by atoms with van der Waals surface area (Å²) in [5.74, 6) is 0.602. The summed E-state index contributed by atoms with van der Waals surface area (Å²) >= 11 is 1.69. The van der Waals surface area contributed by atoms with Crippen LogP contribution in [0.3, 0.4) is 0 Å². The summed E-state index contributed by atoms with van der Waals surface area (Å²) in [5.41, 5.74) is 0.571. The second kappa shape index (κ2) is 6.83. The van der Waals surface area contributed by atoms with Crippen LogP contribution in [0, 0.1) is 5.41 Å². The Balaban J connectivity index is 2.29. The van der Waals surface area contributed by atoms with Gasteiger partial charge in [-0.3, -0.25) is 4.79 Å². The molecule has 0 aromatic heterocycles. The summed E-state index contributed by atoms with van der Waals surface area (Å²) in [6.07, 6.45) is 4.93. The number of esters is 1. The Kier molecular flexibility index (Phi) is 5.72. The van der Waals surface area contributed by atoms with Crippen molar-refractivity contribution in [3.8, 4) is 0 Å². The van der Waals surface area contributed by atoms with Crippen molar-refractivity contribution in [3.63, 3.8) is 0 Å². The number of thioether (sulfide) groups is 1. The smallest absolute Gasteiger partial charge is 0.331 e. The van der Waals surface area contributed by atoms with Crippen LogP contribution in [-0.4, -0.2) is 35.7 Å². The Morgan fingerprint density at radius 1 is 1.44 bits per heavy atom. The standard InChI is InChI=1S/C13H20O4S/c1-3-10(12(15)16)4-7-18-9-13(5-6-13)8-11(14)17-2/h4H,3,5-9H2,1-2H3,(H,15,16). The van der Waals surface area contributed by atoms with E-state index in [4.69, 9.17) is 5.11 Å². The molecule has 1 fully saturated rings. The van der Waals surface area contributed by atoms with Crippen molar-refractivity contribution in [2.75, 3.05) is 18.6 Å². The molecule has 1 aliphatic rings. The van der Waals surface area contributed by atoms with E-state index in [2.05, 4.69) is 4.74 Å². The fraction of sp³-hybridized carbons (Fsp3) is 0.692. The van der Waals surface area contributed by atoms with Gasteiger partial charge in [0.25, 0.3) is 0 Å². The second-order valence-corrected chi connectivity index (χ2v) is 5.69. The number of aliphatic carboxylic acids is 1.